The predicted molar refractivity (Wildman–Crippen MR) is 116 cm³/mol. The van der Waals surface area contributed by atoms with Gasteiger partial charge in [0.1, 0.15) is 5.75 Å². The molecule has 2 N–H and O–H groups in total. The van der Waals surface area contributed by atoms with Crippen molar-refractivity contribution in [1.82, 2.24) is 5.32 Å². The highest BCUT2D eigenvalue weighted by molar-refractivity contribution is 6.04. The minimum absolute atomic E-state index is 0.231. The Hall–Kier alpha value is -3.41. The average molecular weight is 406 g/mol. The van der Waals surface area contributed by atoms with Gasteiger partial charge in [0, 0.05) is 23.7 Å². The molecule has 1 atom stereocenters. The monoisotopic (exact) mass is 406 g/mol. The second-order valence-electron chi connectivity index (χ2n) is 7.18. The molecule has 1 unspecified atom stereocenters. The fraction of sp³-hybridized carbons (Fsp3) is 0.292. The molecule has 0 spiro atoms. The van der Waals surface area contributed by atoms with E-state index in [1.54, 1.807) is 18.2 Å². The third kappa shape index (κ3) is 4.59. The maximum atomic E-state index is 12.5. The smallest absolute Gasteiger partial charge is 0.248 e. The van der Waals surface area contributed by atoms with Gasteiger partial charge in [-0.05, 0) is 49.6 Å². The fourth-order valence-electron chi connectivity index (χ4n) is 3.69. The zero-order valence-corrected chi connectivity index (χ0v) is 17.2. The maximum absolute atomic E-state index is 12.5. The second-order valence-corrected chi connectivity index (χ2v) is 7.18. The van der Waals surface area contributed by atoms with Gasteiger partial charge in [-0.2, -0.15) is 0 Å². The molecule has 3 rings (SSSR count). The number of imide groups is 1. The van der Waals surface area contributed by atoms with Crippen LogP contribution in [0.2, 0.25) is 0 Å². The number of piperidine rings is 1. The van der Waals surface area contributed by atoms with E-state index >= 15 is 0 Å². The standard InChI is InChI=1S/C24H26N2O4/c1-3-24(16-15-22(28)26-23(24)29)18-10-12-19(13-11-18)25-21(27)14-9-17-7-5-6-8-20(17)30-4-2/h5-14H,3-4,15-16H2,1-2H3,(H,25,27)(H,26,28,29)/b14-9+. The van der Waals surface area contributed by atoms with E-state index < -0.39 is 5.41 Å². The highest BCUT2D eigenvalue weighted by atomic mass is 16.5. The summed E-state index contributed by atoms with van der Waals surface area (Å²) in [6, 6.07) is 14.7. The third-order valence-electron chi connectivity index (χ3n) is 5.41. The summed E-state index contributed by atoms with van der Waals surface area (Å²) in [5, 5.41) is 5.27. The first-order valence-corrected chi connectivity index (χ1v) is 10.1. The van der Waals surface area contributed by atoms with Gasteiger partial charge in [-0.15, -0.1) is 0 Å². The fourth-order valence-corrected chi connectivity index (χ4v) is 3.69. The number of anilines is 1. The van der Waals surface area contributed by atoms with Crippen LogP contribution in [0.15, 0.2) is 54.6 Å². The maximum Gasteiger partial charge on any atom is 0.248 e. The Morgan fingerprint density at radius 1 is 1.13 bits per heavy atom. The first-order chi connectivity index (χ1) is 14.5. The largest absolute Gasteiger partial charge is 0.493 e. The van der Waals surface area contributed by atoms with Crippen LogP contribution >= 0.6 is 0 Å². The van der Waals surface area contributed by atoms with E-state index in [0.717, 1.165) is 16.9 Å². The molecule has 1 fully saturated rings. The summed E-state index contributed by atoms with van der Waals surface area (Å²) < 4.78 is 5.56. The van der Waals surface area contributed by atoms with Crippen LogP contribution in [-0.2, 0) is 19.8 Å². The van der Waals surface area contributed by atoms with E-state index in [-0.39, 0.29) is 17.7 Å². The van der Waals surface area contributed by atoms with E-state index in [0.29, 0.717) is 31.6 Å². The molecule has 1 aliphatic heterocycles. The van der Waals surface area contributed by atoms with Crippen molar-refractivity contribution in [1.29, 1.82) is 0 Å². The Balaban J connectivity index is 1.69. The number of nitrogens with one attached hydrogen (secondary N) is 2. The molecule has 1 aliphatic rings. The number of amides is 3. The zero-order valence-electron chi connectivity index (χ0n) is 17.2. The zero-order chi connectivity index (χ0) is 21.6. The number of hydrogen-bond acceptors (Lipinski definition) is 4. The number of ether oxygens (including phenoxy) is 1. The number of carbonyl (C=O) groups is 3. The Morgan fingerprint density at radius 2 is 1.87 bits per heavy atom. The van der Waals surface area contributed by atoms with Gasteiger partial charge < -0.3 is 10.1 Å². The predicted octanol–water partition coefficient (Wildman–Crippen LogP) is 3.82. The van der Waals surface area contributed by atoms with Crippen molar-refractivity contribution in [3.8, 4) is 5.75 Å². The number of hydrogen-bond donors (Lipinski definition) is 2. The van der Waals surface area contributed by atoms with E-state index in [4.69, 9.17) is 4.74 Å². The summed E-state index contributed by atoms with van der Waals surface area (Å²) in [5.41, 5.74) is 1.59. The molecule has 156 valence electrons. The minimum atomic E-state index is -0.709. The summed E-state index contributed by atoms with van der Waals surface area (Å²) in [4.78, 5) is 36.3. The average Bonchev–Trinajstić information content (AvgIpc) is 2.75. The first-order valence-electron chi connectivity index (χ1n) is 10.1. The first kappa shape index (κ1) is 21.3. The molecule has 1 heterocycles. The lowest BCUT2D eigenvalue weighted by Crippen LogP contribution is -2.51. The van der Waals surface area contributed by atoms with Gasteiger partial charge in [0.25, 0.3) is 0 Å². The lowest BCUT2D eigenvalue weighted by Gasteiger charge is -2.35. The van der Waals surface area contributed by atoms with Crippen LogP contribution in [0.4, 0.5) is 5.69 Å². The molecule has 6 nitrogen and oxygen atoms in total. The molecule has 0 aromatic heterocycles. The molecule has 0 aliphatic carbocycles. The highest BCUT2D eigenvalue weighted by Gasteiger charge is 2.42. The molecule has 30 heavy (non-hydrogen) atoms. The molecular formula is C24H26N2O4. The molecule has 0 saturated carbocycles. The lowest BCUT2D eigenvalue weighted by molar-refractivity contribution is -0.138. The van der Waals surface area contributed by atoms with Crippen LogP contribution in [0.3, 0.4) is 0 Å². The SMILES string of the molecule is CCOc1ccccc1/C=C/C(=O)Nc1ccc(C2(CC)CCC(=O)NC2=O)cc1. The Labute approximate surface area is 176 Å². The molecule has 0 radical (unpaired) electrons. The second kappa shape index (κ2) is 9.39. The van der Waals surface area contributed by atoms with Crippen molar-refractivity contribution in [3.05, 3.63) is 65.7 Å². The van der Waals surface area contributed by atoms with Gasteiger partial charge in [0.05, 0.1) is 12.0 Å². The summed E-state index contributed by atoms with van der Waals surface area (Å²) in [6.07, 6.45) is 4.58. The van der Waals surface area contributed by atoms with E-state index in [1.165, 1.54) is 6.08 Å². The molecule has 2 aromatic rings. The summed E-state index contributed by atoms with van der Waals surface area (Å²) in [6.45, 7) is 4.40. The van der Waals surface area contributed by atoms with Gasteiger partial charge in [-0.3, -0.25) is 19.7 Å². The number of para-hydroxylation sites is 1. The van der Waals surface area contributed by atoms with Gasteiger partial charge in [0.15, 0.2) is 0 Å². The number of rotatable bonds is 7. The van der Waals surface area contributed by atoms with Crippen LogP contribution in [0.5, 0.6) is 5.75 Å². The van der Waals surface area contributed by atoms with Crippen molar-refractivity contribution in [2.75, 3.05) is 11.9 Å². The summed E-state index contributed by atoms with van der Waals surface area (Å²) in [7, 11) is 0. The Kier molecular flexibility index (Phi) is 6.67. The topological polar surface area (TPSA) is 84.5 Å². The van der Waals surface area contributed by atoms with Crippen molar-refractivity contribution in [2.24, 2.45) is 0 Å². The highest BCUT2D eigenvalue weighted by Crippen LogP contribution is 2.36. The normalized spacial score (nSPS) is 18.9. The van der Waals surface area contributed by atoms with Crippen LogP contribution in [0.25, 0.3) is 6.08 Å². The van der Waals surface area contributed by atoms with Crippen molar-refractivity contribution >= 4 is 29.5 Å². The van der Waals surface area contributed by atoms with Gasteiger partial charge >= 0.3 is 0 Å². The third-order valence-corrected chi connectivity index (χ3v) is 5.41. The van der Waals surface area contributed by atoms with Crippen molar-refractivity contribution in [3.63, 3.8) is 0 Å². The molecule has 1 saturated heterocycles. The van der Waals surface area contributed by atoms with Crippen molar-refractivity contribution < 1.29 is 19.1 Å². The van der Waals surface area contributed by atoms with Crippen LogP contribution in [0.1, 0.15) is 44.2 Å². The van der Waals surface area contributed by atoms with Crippen molar-refractivity contribution in [2.45, 2.75) is 38.5 Å². The van der Waals surface area contributed by atoms with Gasteiger partial charge in [-0.25, -0.2) is 0 Å². The van der Waals surface area contributed by atoms with Crippen LogP contribution in [0, 0.1) is 0 Å². The minimum Gasteiger partial charge on any atom is -0.493 e. The Bertz CT molecular complexity index is 965. The van der Waals surface area contributed by atoms with Gasteiger partial charge in [0.2, 0.25) is 17.7 Å². The summed E-state index contributed by atoms with van der Waals surface area (Å²) in [5.74, 6) is -0.0256. The van der Waals surface area contributed by atoms with Gasteiger partial charge in [-0.1, -0.05) is 37.3 Å². The number of benzene rings is 2. The van der Waals surface area contributed by atoms with E-state index in [9.17, 15) is 14.4 Å². The molecule has 3 amide bonds. The molecular weight excluding hydrogens is 380 g/mol. The van der Waals surface area contributed by atoms with Crippen LogP contribution < -0.4 is 15.4 Å². The van der Waals surface area contributed by atoms with E-state index in [2.05, 4.69) is 10.6 Å². The quantitative estimate of drug-likeness (QED) is 0.541. The number of carbonyl (C=O) groups excluding carboxylic acids is 3. The molecule has 6 heteroatoms. The lowest BCUT2D eigenvalue weighted by atomic mass is 9.72. The van der Waals surface area contributed by atoms with Crippen LogP contribution in [-0.4, -0.2) is 24.3 Å². The molecule has 2 aromatic carbocycles. The summed E-state index contributed by atoms with van der Waals surface area (Å²) >= 11 is 0. The Morgan fingerprint density at radius 3 is 2.53 bits per heavy atom. The van der Waals surface area contributed by atoms with E-state index in [1.807, 2.05) is 50.2 Å². The molecule has 0 bridgehead atoms.